The molecule has 0 aromatic heterocycles. The zero-order valence-corrected chi connectivity index (χ0v) is 19.8. The number of nitrogens with zero attached hydrogens (tertiary/aromatic N) is 2. The SMILES string of the molecule is CCNC(=NCCc1cc(F)cc(F)c1)N1CCC(NC(=O)OC(C)(C)C)C1.I. The van der Waals surface area contributed by atoms with Crippen LogP contribution in [0.4, 0.5) is 13.6 Å². The number of aliphatic imine (C=N–C) groups is 1. The third-order valence-corrected chi connectivity index (χ3v) is 4.13. The molecule has 0 aliphatic carbocycles. The Morgan fingerprint density at radius 3 is 2.52 bits per heavy atom. The summed E-state index contributed by atoms with van der Waals surface area (Å²) in [6, 6.07) is 3.49. The molecule has 0 radical (unpaired) electrons. The maximum atomic E-state index is 13.3. The summed E-state index contributed by atoms with van der Waals surface area (Å²) in [4.78, 5) is 18.6. The van der Waals surface area contributed by atoms with Gasteiger partial charge in [-0.15, -0.1) is 24.0 Å². The van der Waals surface area contributed by atoms with Crippen LogP contribution in [0.15, 0.2) is 23.2 Å². The molecule has 1 aliphatic rings. The lowest BCUT2D eigenvalue weighted by atomic mass is 10.1. The quantitative estimate of drug-likeness (QED) is 0.351. The van der Waals surface area contributed by atoms with Crippen molar-refractivity contribution in [3.63, 3.8) is 0 Å². The van der Waals surface area contributed by atoms with Crippen LogP contribution in [0.1, 0.15) is 39.7 Å². The highest BCUT2D eigenvalue weighted by atomic mass is 127. The molecular formula is C20H31F2IN4O2. The molecule has 0 saturated carbocycles. The van der Waals surface area contributed by atoms with Gasteiger partial charge in [-0.05, 0) is 58.2 Å². The number of guanidine groups is 1. The smallest absolute Gasteiger partial charge is 0.407 e. The standard InChI is InChI=1S/C20H30F2N4O2.HI/c1-5-23-18(24-8-6-14-10-15(21)12-16(22)11-14)26-9-7-17(13-26)25-19(27)28-20(2,3)4;/h10-12,17H,5-9,13H2,1-4H3,(H,23,24)(H,25,27);1H. The molecule has 1 saturated heterocycles. The second-order valence-electron chi connectivity index (χ2n) is 7.84. The van der Waals surface area contributed by atoms with E-state index in [-0.39, 0.29) is 30.0 Å². The molecule has 1 amide bonds. The number of carbonyl (C=O) groups is 1. The molecule has 0 bridgehead atoms. The van der Waals surface area contributed by atoms with Crippen molar-refractivity contribution in [2.75, 3.05) is 26.2 Å². The number of alkyl carbamates (subject to hydrolysis) is 1. The minimum atomic E-state index is -0.582. The van der Waals surface area contributed by atoms with Gasteiger partial charge in [0.25, 0.3) is 0 Å². The lowest BCUT2D eigenvalue weighted by molar-refractivity contribution is 0.0507. The first-order valence-electron chi connectivity index (χ1n) is 9.64. The maximum absolute atomic E-state index is 13.3. The zero-order valence-electron chi connectivity index (χ0n) is 17.4. The molecule has 164 valence electrons. The van der Waals surface area contributed by atoms with Gasteiger partial charge in [0.2, 0.25) is 0 Å². The first-order chi connectivity index (χ1) is 13.2. The van der Waals surface area contributed by atoms with E-state index in [1.54, 1.807) is 0 Å². The molecular weight excluding hydrogens is 493 g/mol. The number of hydrogen-bond acceptors (Lipinski definition) is 3. The number of nitrogens with one attached hydrogen (secondary N) is 2. The van der Waals surface area contributed by atoms with Crippen molar-refractivity contribution >= 4 is 36.0 Å². The van der Waals surface area contributed by atoms with Crippen LogP contribution in [0.2, 0.25) is 0 Å². The van der Waals surface area contributed by atoms with Crippen LogP contribution in [0.3, 0.4) is 0 Å². The summed E-state index contributed by atoms with van der Waals surface area (Å²) >= 11 is 0. The van der Waals surface area contributed by atoms with Gasteiger partial charge < -0.3 is 20.3 Å². The Hall–Kier alpha value is -1.65. The highest BCUT2D eigenvalue weighted by Gasteiger charge is 2.27. The Balaban J connectivity index is 0.00000420. The van der Waals surface area contributed by atoms with E-state index in [0.717, 1.165) is 25.0 Å². The van der Waals surface area contributed by atoms with Crippen molar-refractivity contribution in [3.05, 3.63) is 35.4 Å². The van der Waals surface area contributed by atoms with Crippen LogP contribution < -0.4 is 10.6 Å². The number of rotatable bonds is 5. The molecule has 1 atom stereocenters. The highest BCUT2D eigenvalue weighted by molar-refractivity contribution is 14.0. The van der Waals surface area contributed by atoms with Crippen LogP contribution >= 0.6 is 24.0 Å². The minimum Gasteiger partial charge on any atom is -0.444 e. The van der Waals surface area contributed by atoms with Crippen molar-refractivity contribution in [3.8, 4) is 0 Å². The maximum Gasteiger partial charge on any atom is 0.407 e. The van der Waals surface area contributed by atoms with E-state index in [0.29, 0.717) is 31.6 Å². The van der Waals surface area contributed by atoms with Gasteiger partial charge in [0.1, 0.15) is 17.2 Å². The molecule has 2 N–H and O–H groups in total. The van der Waals surface area contributed by atoms with Crippen molar-refractivity contribution in [1.29, 1.82) is 0 Å². The first kappa shape index (κ1) is 25.4. The summed E-state index contributed by atoms with van der Waals surface area (Å²) in [6.45, 7) is 9.94. The van der Waals surface area contributed by atoms with Crippen molar-refractivity contribution < 1.29 is 18.3 Å². The summed E-state index contributed by atoms with van der Waals surface area (Å²) in [6.07, 6.45) is 0.810. The van der Waals surface area contributed by atoms with E-state index in [1.165, 1.54) is 12.1 Å². The number of likely N-dealkylation sites (tertiary alicyclic amines) is 1. The van der Waals surface area contributed by atoms with Gasteiger partial charge >= 0.3 is 6.09 Å². The molecule has 0 spiro atoms. The predicted octanol–water partition coefficient (Wildman–Crippen LogP) is 3.69. The Morgan fingerprint density at radius 2 is 1.93 bits per heavy atom. The average Bonchev–Trinajstić information content (AvgIpc) is 2.99. The van der Waals surface area contributed by atoms with Crippen molar-refractivity contribution in [1.82, 2.24) is 15.5 Å². The van der Waals surface area contributed by atoms with Gasteiger partial charge in [-0.3, -0.25) is 4.99 Å². The van der Waals surface area contributed by atoms with E-state index < -0.39 is 23.3 Å². The lowest BCUT2D eigenvalue weighted by Crippen LogP contribution is -2.44. The molecule has 9 heteroatoms. The predicted molar refractivity (Wildman–Crippen MR) is 121 cm³/mol. The minimum absolute atomic E-state index is 0. The largest absolute Gasteiger partial charge is 0.444 e. The van der Waals surface area contributed by atoms with Crippen LogP contribution in [0.25, 0.3) is 0 Å². The molecule has 29 heavy (non-hydrogen) atoms. The van der Waals surface area contributed by atoms with Gasteiger partial charge in [-0.2, -0.15) is 0 Å². The average molecular weight is 524 g/mol. The fraction of sp³-hybridized carbons (Fsp3) is 0.600. The van der Waals surface area contributed by atoms with E-state index in [9.17, 15) is 13.6 Å². The Kier molecular flexibility index (Phi) is 10.1. The van der Waals surface area contributed by atoms with E-state index in [2.05, 4.69) is 20.5 Å². The topological polar surface area (TPSA) is 66.0 Å². The Morgan fingerprint density at radius 1 is 1.28 bits per heavy atom. The van der Waals surface area contributed by atoms with Gasteiger partial charge in [0, 0.05) is 32.2 Å². The molecule has 1 heterocycles. The number of amides is 1. The molecule has 1 unspecified atom stereocenters. The number of halogens is 3. The summed E-state index contributed by atoms with van der Waals surface area (Å²) in [5.41, 5.74) is 0.0396. The summed E-state index contributed by atoms with van der Waals surface area (Å²) in [5.74, 6) is -0.434. The van der Waals surface area contributed by atoms with Crippen LogP contribution in [0, 0.1) is 11.6 Å². The van der Waals surface area contributed by atoms with Crippen molar-refractivity contribution in [2.24, 2.45) is 4.99 Å². The molecule has 2 rings (SSSR count). The fourth-order valence-corrected chi connectivity index (χ4v) is 3.02. The van der Waals surface area contributed by atoms with E-state index in [4.69, 9.17) is 4.74 Å². The van der Waals surface area contributed by atoms with E-state index in [1.807, 2.05) is 27.7 Å². The summed E-state index contributed by atoms with van der Waals surface area (Å²) in [5, 5.41) is 6.12. The normalized spacial score (nSPS) is 17.0. The molecule has 1 aromatic rings. The van der Waals surface area contributed by atoms with E-state index >= 15 is 0 Å². The monoisotopic (exact) mass is 524 g/mol. The number of hydrogen-bond donors (Lipinski definition) is 2. The number of carbonyl (C=O) groups excluding carboxylic acids is 1. The number of benzene rings is 1. The molecule has 1 fully saturated rings. The summed E-state index contributed by atoms with van der Waals surface area (Å²) in [7, 11) is 0. The first-order valence-corrected chi connectivity index (χ1v) is 9.64. The molecule has 1 aromatic carbocycles. The second-order valence-corrected chi connectivity index (χ2v) is 7.84. The van der Waals surface area contributed by atoms with Crippen LogP contribution in [0.5, 0.6) is 0 Å². The van der Waals surface area contributed by atoms with Crippen LogP contribution in [-0.2, 0) is 11.2 Å². The summed E-state index contributed by atoms with van der Waals surface area (Å²) < 4.78 is 31.9. The van der Waals surface area contributed by atoms with Gasteiger partial charge in [-0.25, -0.2) is 13.6 Å². The lowest BCUT2D eigenvalue weighted by Gasteiger charge is -2.23. The third kappa shape index (κ3) is 9.14. The van der Waals surface area contributed by atoms with Crippen LogP contribution in [-0.4, -0.2) is 54.8 Å². The Labute approximate surface area is 188 Å². The highest BCUT2D eigenvalue weighted by Crippen LogP contribution is 2.13. The van der Waals surface area contributed by atoms with Gasteiger partial charge in [0.05, 0.1) is 6.04 Å². The zero-order chi connectivity index (χ0) is 20.7. The fourth-order valence-electron chi connectivity index (χ4n) is 3.02. The number of ether oxygens (including phenoxy) is 1. The molecule has 6 nitrogen and oxygen atoms in total. The Bertz CT molecular complexity index is 690. The second kappa shape index (κ2) is 11.5. The third-order valence-electron chi connectivity index (χ3n) is 4.13. The van der Waals surface area contributed by atoms with Gasteiger partial charge in [-0.1, -0.05) is 0 Å². The van der Waals surface area contributed by atoms with Crippen molar-refractivity contribution in [2.45, 2.75) is 52.2 Å². The molecule has 1 aliphatic heterocycles. The van der Waals surface area contributed by atoms with Gasteiger partial charge in [0.15, 0.2) is 5.96 Å².